The van der Waals surface area contributed by atoms with Crippen molar-refractivity contribution in [2.75, 3.05) is 40.5 Å². The molecule has 4 heteroatoms. The highest BCUT2D eigenvalue weighted by Gasteiger charge is 1.85. The topological polar surface area (TPSA) is 42.5 Å². The predicted octanol–water partition coefficient (Wildman–Crippen LogP) is -0.236. The Bertz CT molecular complexity index is 63.5. The van der Waals surface area contributed by atoms with Crippen molar-refractivity contribution in [3.8, 4) is 0 Å². The van der Waals surface area contributed by atoms with Crippen LogP contribution in [0.1, 0.15) is 6.42 Å². The molecule has 0 fully saturated rings. The van der Waals surface area contributed by atoms with E-state index in [-0.39, 0.29) is 0 Å². The second kappa shape index (κ2) is 9.84. The van der Waals surface area contributed by atoms with Crippen LogP contribution in [0, 0.1) is 0 Å². The highest BCUT2D eigenvalue weighted by atomic mass is 16.5. The molecule has 0 unspecified atom stereocenters. The Labute approximate surface area is 68.2 Å². The van der Waals surface area contributed by atoms with Crippen molar-refractivity contribution in [3.63, 3.8) is 0 Å². The smallest absolute Gasteiger partial charge is 0.0601 e. The van der Waals surface area contributed by atoms with Crippen molar-refractivity contribution in [2.24, 2.45) is 0 Å². The van der Waals surface area contributed by atoms with Crippen LogP contribution in [0.3, 0.4) is 0 Å². The Morgan fingerprint density at radius 2 is 1.55 bits per heavy atom. The molecule has 4 nitrogen and oxygen atoms in total. The first-order chi connectivity index (χ1) is 5.41. The van der Waals surface area contributed by atoms with Crippen LogP contribution in [0.5, 0.6) is 0 Å². The largest absolute Gasteiger partial charge is 0.385 e. The summed E-state index contributed by atoms with van der Waals surface area (Å²) in [5, 5.41) is 0. The van der Waals surface area contributed by atoms with Crippen LogP contribution in [0.2, 0.25) is 0 Å². The van der Waals surface area contributed by atoms with Crippen molar-refractivity contribution >= 4 is 0 Å². The van der Waals surface area contributed by atoms with Crippen LogP contribution >= 0.6 is 0 Å². The lowest BCUT2D eigenvalue weighted by Crippen LogP contribution is -2.35. The van der Waals surface area contributed by atoms with Crippen molar-refractivity contribution in [2.45, 2.75) is 6.42 Å². The number of methoxy groups -OCH3 is 2. The maximum atomic E-state index is 4.88. The third-order valence-electron chi connectivity index (χ3n) is 1.21. The molecule has 0 radical (unpaired) electrons. The quantitative estimate of drug-likeness (QED) is 0.382. The fourth-order valence-electron chi connectivity index (χ4n) is 0.635. The molecule has 68 valence electrons. The zero-order chi connectivity index (χ0) is 8.36. The molecule has 0 atom stereocenters. The van der Waals surface area contributed by atoms with Gasteiger partial charge in [-0.25, -0.2) is 0 Å². The van der Waals surface area contributed by atoms with E-state index in [9.17, 15) is 0 Å². The van der Waals surface area contributed by atoms with E-state index < -0.39 is 0 Å². The van der Waals surface area contributed by atoms with Crippen LogP contribution < -0.4 is 10.9 Å². The molecule has 0 aromatic rings. The fraction of sp³-hybridized carbons (Fsp3) is 1.00. The molecule has 2 N–H and O–H groups in total. The van der Waals surface area contributed by atoms with Crippen molar-refractivity contribution < 1.29 is 9.47 Å². The molecule has 0 rings (SSSR count). The van der Waals surface area contributed by atoms with E-state index >= 15 is 0 Å². The lowest BCUT2D eigenvalue weighted by molar-refractivity contribution is 0.185. The summed E-state index contributed by atoms with van der Waals surface area (Å²) >= 11 is 0. The first-order valence-electron chi connectivity index (χ1n) is 3.85. The Hall–Kier alpha value is -0.160. The average Bonchev–Trinajstić information content (AvgIpc) is 2.03. The Morgan fingerprint density at radius 3 is 2.18 bits per heavy atom. The van der Waals surface area contributed by atoms with E-state index in [2.05, 4.69) is 10.9 Å². The first kappa shape index (κ1) is 10.8. The molecule has 0 saturated carbocycles. The standard InChI is InChI=1S/C7H18N2O2/c1-10-6-3-4-8-9-5-7-11-2/h8-9H,3-7H2,1-2H3. The van der Waals surface area contributed by atoms with E-state index in [0.29, 0.717) is 0 Å². The van der Waals surface area contributed by atoms with E-state index in [1.807, 2.05) is 0 Å². The summed E-state index contributed by atoms with van der Waals surface area (Å²) in [7, 11) is 3.39. The zero-order valence-corrected chi connectivity index (χ0v) is 7.35. The SMILES string of the molecule is COCCCNNCCOC. The van der Waals surface area contributed by atoms with Crippen molar-refractivity contribution in [3.05, 3.63) is 0 Å². The molecule has 0 aliphatic carbocycles. The molecule has 0 bridgehead atoms. The number of ether oxygens (including phenoxy) is 2. The van der Waals surface area contributed by atoms with E-state index in [1.54, 1.807) is 14.2 Å². The van der Waals surface area contributed by atoms with Crippen LogP contribution in [-0.2, 0) is 9.47 Å². The molecule has 0 aliphatic rings. The number of nitrogens with one attached hydrogen (secondary N) is 2. The third-order valence-corrected chi connectivity index (χ3v) is 1.21. The van der Waals surface area contributed by atoms with Crippen molar-refractivity contribution in [1.82, 2.24) is 10.9 Å². The summed E-state index contributed by atoms with van der Waals surface area (Å²) in [5.41, 5.74) is 6.06. The van der Waals surface area contributed by atoms with Crippen LogP contribution in [0.4, 0.5) is 0 Å². The Balaban J connectivity index is 2.69. The zero-order valence-electron chi connectivity index (χ0n) is 7.35. The van der Waals surface area contributed by atoms with Gasteiger partial charge in [0.15, 0.2) is 0 Å². The van der Waals surface area contributed by atoms with Gasteiger partial charge in [-0.05, 0) is 6.42 Å². The lowest BCUT2D eigenvalue weighted by Gasteiger charge is -2.05. The minimum atomic E-state index is 0.733. The molecular weight excluding hydrogens is 144 g/mol. The van der Waals surface area contributed by atoms with Gasteiger partial charge in [-0.15, -0.1) is 0 Å². The maximum Gasteiger partial charge on any atom is 0.0601 e. The first-order valence-corrected chi connectivity index (χ1v) is 3.85. The normalized spacial score (nSPS) is 10.4. The minimum absolute atomic E-state index is 0.733. The van der Waals surface area contributed by atoms with Gasteiger partial charge in [0, 0.05) is 33.9 Å². The Morgan fingerprint density at radius 1 is 0.909 bits per heavy atom. The maximum absolute atomic E-state index is 4.88. The fourth-order valence-corrected chi connectivity index (χ4v) is 0.635. The number of rotatable bonds is 8. The van der Waals surface area contributed by atoms with Gasteiger partial charge in [-0.1, -0.05) is 0 Å². The molecule has 0 saturated heterocycles. The summed E-state index contributed by atoms with van der Waals surface area (Å²) in [5.74, 6) is 0. The van der Waals surface area contributed by atoms with E-state index in [0.717, 1.165) is 32.7 Å². The third kappa shape index (κ3) is 9.84. The van der Waals surface area contributed by atoms with Gasteiger partial charge in [0.2, 0.25) is 0 Å². The van der Waals surface area contributed by atoms with E-state index in [1.165, 1.54) is 0 Å². The number of hydrogen-bond donors (Lipinski definition) is 2. The van der Waals surface area contributed by atoms with Gasteiger partial charge in [-0.3, -0.25) is 10.9 Å². The molecule has 0 aromatic carbocycles. The minimum Gasteiger partial charge on any atom is -0.385 e. The highest BCUT2D eigenvalue weighted by Crippen LogP contribution is 1.74. The molecule has 0 amide bonds. The van der Waals surface area contributed by atoms with Gasteiger partial charge in [0.05, 0.1) is 6.61 Å². The van der Waals surface area contributed by atoms with Crippen molar-refractivity contribution in [1.29, 1.82) is 0 Å². The summed E-state index contributed by atoms with van der Waals surface area (Å²) in [6, 6.07) is 0. The predicted molar refractivity (Wildman–Crippen MR) is 44.4 cm³/mol. The van der Waals surface area contributed by atoms with Gasteiger partial charge in [0.1, 0.15) is 0 Å². The summed E-state index contributed by atoms with van der Waals surface area (Å²) < 4.78 is 9.72. The van der Waals surface area contributed by atoms with Crippen LogP contribution in [-0.4, -0.2) is 40.5 Å². The second-order valence-electron chi connectivity index (χ2n) is 2.19. The molecular formula is C7H18N2O2. The van der Waals surface area contributed by atoms with Crippen LogP contribution in [0.15, 0.2) is 0 Å². The number of hydrazine groups is 1. The average molecular weight is 162 g/mol. The molecule has 0 aromatic heterocycles. The molecule has 0 aliphatic heterocycles. The van der Waals surface area contributed by atoms with Gasteiger partial charge in [0.25, 0.3) is 0 Å². The van der Waals surface area contributed by atoms with Crippen LogP contribution in [0.25, 0.3) is 0 Å². The molecule has 0 heterocycles. The Kier molecular flexibility index (Phi) is 9.70. The second-order valence-corrected chi connectivity index (χ2v) is 2.19. The monoisotopic (exact) mass is 162 g/mol. The van der Waals surface area contributed by atoms with Gasteiger partial charge in [-0.2, -0.15) is 0 Å². The van der Waals surface area contributed by atoms with E-state index in [4.69, 9.17) is 9.47 Å². The number of hydrogen-bond acceptors (Lipinski definition) is 4. The summed E-state index contributed by atoms with van der Waals surface area (Å²) in [6.07, 6.45) is 1.02. The summed E-state index contributed by atoms with van der Waals surface area (Å²) in [4.78, 5) is 0. The summed E-state index contributed by atoms with van der Waals surface area (Å²) in [6.45, 7) is 3.30. The lowest BCUT2D eigenvalue weighted by atomic mass is 10.5. The highest BCUT2D eigenvalue weighted by molar-refractivity contribution is 4.41. The van der Waals surface area contributed by atoms with Gasteiger partial charge < -0.3 is 9.47 Å². The molecule has 11 heavy (non-hydrogen) atoms. The molecule has 0 spiro atoms. The van der Waals surface area contributed by atoms with Gasteiger partial charge >= 0.3 is 0 Å².